The van der Waals surface area contributed by atoms with E-state index < -0.39 is 0 Å². The molecule has 2 aromatic rings. The van der Waals surface area contributed by atoms with Crippen molar-refractivity contribution in [3.05, 3.63) is 29.0 Å². The third kappa shape index (κ3) is 3.84. The van der Waals surface area contributed by atoms with Crippen LogP contribution in [0.3, 0.4) is 0 Å². The number of amides is 1. The number of nitrogens with one attached hydrogen (secondary N) is 1. The van der Waals surface area contributed by atoms with Gasteiger partial charge in [-0.3, -0.25) is 9.69 Å². The van der Waals surface area contributed by atoms with Crippen LogP contribution in [0.25, 0.3) is 11.0 Å². The first-order valence-electron chi connectivity index (χ1n) is 10.4. The van der Waals surface area contributed by atoms with E-state index in [1.165, 1.54) is 38.5 Å². The number of phenolic OH excluding ortho intramolecular Hbond substituents is 1. The van der Waals surface area contributed by atoms with Gasteiger partial charge in [-0.1, -0.05) is 25.7 Å². The molecule has 1 aliphatic carbocycles. The molecule has 1 aromatic carbocycles. The average molecular weight is 370 g/mol. The summed E-state index contributed by atoms with van der Waals surface area (Å²) >= 11 is 0. The minimum absolute atomic E-state index is 0.0686. The molecule has 27 heavy (non-hydrogen) atoms. The van der Waals surface area contributed by atoms with Gasteiger partial charge in [0.15, 0.2) is 0 Å². The summed E-state index contributed by atoms with van der Waals surface area (Å²) in [6, 6.07) is 3.72. The number of hydrogen-bond acceptors (Lipinski definition) is 4. The number of rotatable bonds is 4. The minimum Gasteiger partial charge on any atom is -0.508 e. The molecule has 2 N–H and O–H groups in total. The molecule has 0 atom stereocenters. The zero-order valence-corrected chi connectivity index (χ0v) is 16.2. The Balaban J connectivity index is 1.69. The van der Waals surface area contributed by atoms with E-state index in [-0.39, 0.29) is 17.7 Å². The molecule has 146 valence electrons. The van der Waals surface area contributed by atoms with E-state index >= 15 is 0 Å². The van der Waals surface area contributed by atoms with Gasteiger partial charge in [-0.25, -0.2) is 0 Å². The molecular weight excluding hydrogens is 340 g/mol. The highest BCUT2D eigenvalue weighted by Gasteiger charge is 2.26. The second-order valence-electron chi connectivity index (χ2n) is 8.11. The fraction of sp³-hybridized carbons (Fsp3) is 0.591. The van der Waals surface area contributed by atoms with Crippen LogP contribution in [0.15, 0.2) is 16.5 Å². The van der Waals surface area contributed by atoms with Gasteiger partial charge in [-0.15, -0.1) is 0 Å². The predicted molar refractivity (Wildman–Crippen MR) is 106 cm³/mol. The topological polar surface area (TPSA) is 65.7 Å². The standard InChI is InChI=1S/C22H30N2O3/c1-15-20(22(26)23-16-8-4-5-9-16)21-17(18(25)10-11-19(21)27-15)14-24-12-6-2-3-7-13-24/h10-11,16,25H,2-9,12-14H2,1H3,(H,23,26). The van der Waals surface area contributed by atoms with Gasteiger partial charge in [0.2, 0.25) is 0 Å². The van der Waals surface area contributed by atoms with Gasteiger partial charge in [-0.05, 0) is 57.8 Å². The fourth-order valence-corrected chi connectivity index (χ4v) is 4.65. The van der Waals surface area contributed by atoms with Crippen LogP contribution in [0.5, 0.6) is 5.75 Å². The Labute approximate surface area is 160 Å². The van der Waals surface area contributed by atoms with Crippen LogP contribution < -0.4 is 5.32 Å². The number of furan rings is 1. The van der Waals surface area contributed by atoms with Gasteiger partial charge in [0.05, 0.1) is 5.56 Å². The lowest BCUT2D eigenvalue weighted by Gasteiger charge is -2.21. The van der Waals surface area contributed by atoms with Gasteiger partial charge in [0.1, 0.15) is 17.1 Å². The summed E-state index contributed by atoms with van der Waals surface area (Å²) in [5.41, 5.74) is 2.10. The van der Waals surface area contributed by atoms with Crippen LogP contribution in [0.4, 0.5) is 0 Å². The van der Waals surface area contributed by atoms with Crippen molar-refractivity contribution in [1.29, 1.82) is 0 Å². The molecule has 1 saturated carbocycles. The third-order valence-corrected chi connectivity index (χ3v) is 6.11. The van der Waals surface area contributed by atoms with E-state index in [1.807, 2.05) is 6.92 Å². The lowest BCUT2D eigenvalue weighted by Crippen LogP contribution is -2.33. The monoisotopic (exact) mass is 370 g/mol. The molecule has 2 fully saturated rings. The zero-order chi connectivity index (χ0) is 18.8. The molecule has 4 rings (SSSR count). The molecule has 1 aliphatic heterocycles. The maximum atomic E-state index is 13.0. The molecule has 2 aliphatic rings. The molecule has 5 heteroatoms. The Morgan fingerprint density at radius 1 is 1.15 bits per heavy atom. The number of benzene rings is 1. The zero-order valence-electron chi connectivity index (χ0n) is 16.2. The van der Waals surface area contributed by atoms with Crippen molar-refractivity contribution in [2.24, 2.45) is 0 Å². The van der Waals surface area contributed by atoms with Crippen molar-refractivity contribution in [2.75, 3.05) is 13.1 Å². The largest absolute Gasteiger partial charge is 0.508 e. The van der Waals surface area contributed by atoms with Crippen molar-refractivity contribution < 1.29 is 14.3 Å². The van der Waals surface area contributed by atoms with E-state index in [4.69, 9.17) is 4.42 Å². The summed E-state index contributed by atoms with van der Waals surface area (Å²) in [5, 5.41) is 14.6. The molecular formula is C22H30N2O3. The second kappa shape index (κ2) is 7.93. The molecule has 0 radical (unpaired) electrons. The average Bonchev–Trinajstić information content (AvgIpc) is 3.18. The summed E-state index contributed by atoms with van der Waals surface area (Å²) in [6.45, 7) is 4.58. The smallest absolute Gasteiger partial charge is 0.255 e. The number of aromatic hydroxyl groups is 1. The Hall–Kier alpha value is -2.01. The van der Waals surface area contributed by atoms with Crippen LogP contribution >= 0.6 is 0 Å². The molecule has 0 bridgehead atoms. The third-order valence-electron chi connectivity index (χ3n) is 6.11. The maximum absolute atomic E-state index is 13.0. The Morgan fingerprint density at radius 2 is 1.85 bits per heavy atom. The van der Waals surface area contributed by atoms with Crippen LogP contribution in [-0.2, 0) is 6.54 Å². The van der Waals surface area contributed by atoms with Crippen LogP contribution in [0.2, 0.25) is 0 Å². The van der Waals surface area contributed by atoms with E-state index in [2.05, 4.69) is 10.2 Å². The number of phenols is 1. The SMILES string of the molecule is Cc1oc2ccc(O)c(CN3CCCCCC3)c2c1C(=O)NC1CCCC1. The lowest BCUT2D eigenvalue weighted by atomic mass is 10.0. The summed E-state index contributed by atoms with van der Waals surface area (Å²) in [5.74, 6) is 0.812. The van der Waals surface area contributed by atoms with Crippen molar-refractivity contribution in [3.8, 4) is 5.75 Å². The number of aryl methyl sites for hydroxylation is 1. The highest BCUT2D eigenvalue weighted by molar-refractivity contribution is 6.09. The van der Waals surface area contributed by atoms with Gasteiger partial charge < -0.3 is 14.8 Å². The summed E-state index contributed by atoms with van der Waals surface area (Å²) in [4.78, 5) is 15.4. The number of hydrogen-bond donors (Lipinski definition) is 2. The number of carbonyl (C=O) groups excluding carboxylic acids is 1. The van der Waals surface area contributed by atoms with Gasteiger partial charge in [0, 0.05) is 23.5 Å². The first-order chi connectivity index (χ1) is 13.1. The highest BCUT2D eigenvalue weighted by atomic mass is 16.3. The molecule has 5 nitrogen and oxygen atoms in total. The molecule has 1 aromatic heterocycles. The summed E-state index contributed by atoms with van der Waals surface area (Å²) < 4.78 is 5.90. The maximum Gasteiger partial charge on any atom is 0.255 e. The first kappa shape index (κ1) is 18.4. The van der Waals surface area contributed by atoms with Gasteiger partial charge in [-0.2, -0.15) is 0 Å². The lowest BCUT2D eigenvalue weighted by molar-refractivity contribution is 0.0937. The van der Waals surface area contributed by atoms with Gasteiger partial charge >= 0.3 is 0 Å². The van der Waals surface area contributed by atoms with E-state index in [0.717, 1.165) is 36.9 Å². The van der Waals surface area contributed by atoms with Gasteiger partial charge in [0.25, 0.3) is 5.91 Å². The molecule has 1 amide bonds. The fourth-order valence-electron chi connectivity index (χ4n) is 4.65. The van der Waals surface area contributed by atoms with E-state index in [0.29, 0.717) is 23.5 Å². The van der Waals surface area contributed by atoms with Crippen molar-refractivity contribution in [3.63, 3.8) is 0 Å². The van der Waals surface area contributed by atoms with Crippen molar-refractivity contribution >= 4 is 16.9 Å². The molecule has 1 saturated heterocycles. The predicted octanol–water partition coefficient (Wildman–Crippen LogP) is 4.50. The van der Waals surface area contributed by atoms with Crippen LogP contribution in [-0.4, -0.2) is 35.0 Å². The Bertz CT molecular complexity index is 813. The van der Waals surface area contributed by atoms with Crippen molar-refractivity contribution in [2.45, 2.75) is 70.9 Å². The number of nitrogens with zero attached hydrogens (tertiary/aromatic N) is 1. The van der Waals surface area contributed by atoms with E-state index in [1.54, 1.807) is 12.1 Å². The van der Waals surface area contributed by atoms with E-state index in [9.17, 15) is 9.90 Å². The van der Waals surface area contributed by atoms with Crippen LogP contribution in [0, 0.1) is 6.92 Å². The summed E-state index contributed by atoms with van der Waals surface area (Å²) in [6.07, 6.45) is 9.37. The number of carbonyl (C=O) groups is 1. The molecule has 0 unspecified atom stereocenters. The highest BCUT2D eigenvalue weighted by Crippen LogP contribution is 2.35. The number of likely N-dealkylation sites (tertiary alicyclic amines) is 1. The van der Waals surface area contributed by atoms with Crippen LogP contribution in [0.1, 0.15) is 73.0 Å². The molecule has 0 spiro atoms. The molecule has 2 heterocycles. The normalized spacial score (nSPS) is 19.4. The minimum atomic E-state index is -0.0686. The quantitative estimate of drug-likeness (QED) is 0.832. The summed E-state index contributed by atoms with van der Waals surface area (Å²) in [7, 11) is 0. The van der Waals surface area contributed by atoms with Crippen molar-refractivity contribution in [1.82, 2.24) is 10.2 Å². The first-order valence-corrected chi connectivity index (χ1v) is 10.4. The Kier molecular flexibility index (Phi) is 5.39. The second-order valence-corrected chi connectivity index (χ2v) is 8.11. The number of fused-ring (bicyclic) bond motifs is 1. The Morgan fingerprint density at radius 3 is 2.56 bits per heavy atom.